The lowest BCUT2D eigenvalue weighted by Gasteiger charge is -2.35. The van der Waals surface area contributed by atoms with Gasteiger partial charge in [0, 0.05) is 41.6 Å². The Morgan fingerprint density at radius 2 is 1.64 bits per heavy atom. The summed E-state index contributed by atoms with van der Waals surface area (Å²) >= 11 is 3.32. The number of anilines is 1. The molecule has 2 heterocycles. The molecule has 0 saturated carbocycles. The zero-order valence-corrected chi connectivity index (χ0v) is 16.9. The highest BCUT2D eigenvalue weighted by molar-refractivity contribution is 9.10. The Kier molecular flexibility index (Phi) is 5.05. The molecule has 1 aromatic heterocycles. The smallest absolute Gasteiger partial charge is 0.367 e. The Labute approximate surface area is 169 Å². The predicted octanol–water partition coefficient (Wildman–Crippen LogP) is 5.43. The van der Waals surface area contributed by atoms with Crippen molar-refractivity contribution in [2.75, 3.05) is 38.1 Å². The molecule has 0 N–H and O–H groups in total. The van der Waals surface area contributed by atoms with Crippen LogP contribution >= 0.6 is 15.9 Å². The molecule has 1 aliphatic rings. The highest BCUT2D eigenvalue weighted by Crippen LogP contribution is 2.39. The largest absolute Gasteiger partial charge is 0.416 e. The molecule has 0 unspecified atom stereocenters. The van der Waals surface area contributed by atoms with E-state index in [9.17, 15) is 13.2 Å². The van der Waals surface area contributed by atoms with E-state index in [0.29, 0.717) is 21.1 Å². The van der Waals surface area contributed by atoms with Crippen molar-refractivity contribution in [3.63, 3.8) is 0 Å². The summed E-state index contributed by atoms with van der Waals surface area (Å²) in [6.07, 6.45) is -4.42. The van der Waals surface area contributed by atoms with E-state index in [-0.39, 0.29) is 0 Å². The molecule has 3 nitrogen and oxygen atoms in total. The number of benzene rings is 2. The third-order valence-corrected chi connectivity index (χ3v) is 5.74. The Morgan fingerprint density at radius 3 is 2.29 bits per heavy atom. The minimum atomic E-state index is -4.42. The maximum atomic E-state index is 13.3. The fourth-order valence-corrected chi connectivity index (χ4v) is 4.05. The third kappa shape index (κ3) is 3.73. The first kappa shape index (κ1) is 19.2. The molecule has 0 radical (unpaired) electrons. The van der Waals surface area contributed by atoms with Crippen molar-refractivity contribution in [2.24, 2.45) is 0 Å². The SMILES string of the molecule is CN1CCN(c2cc3c(Br)cc(C(F)(F)F)cc3nc2-c2ccccc2)CC1. The number of hydrogen-bond donors (Lipinski definition) is 0. The van der Waals surface area contributed by atoms with E-state index in [1.807, 2.05) is 36.4 Å². The monoisotopic (exact) mass is 449 g/mol. The van der Waals surface area contributed by atoms with Crippen LogP contribution in [0.2, 0.25) is 0 Å². The highest BCUT2D eigenvalue weighted by atomic mass is 79.9. The van der Waals surface area contributed by atoms with Crippen LogP contribution in [0.5, 0.6) is 0 Å². The van der Waals surface area contributed by atoms with E-state index in [0.717, 1.165) is 49.6 Å². The summed E-state index contributed by atoms with van der Waals surface area (Å²) in [5, 5.41) is 0.682. The Bertz CT molecular complexity index is 997. The van der Waals surface area contributed by atoms with Crippen LogP contribution in [0.25, 0.3) is 22.2 Å². The molecule has 4 rings (SSSR count). The fourth-order valence-electron chi connectivity index (χ4n) is 3.48. The molecule has 7 heteroatoms. The Hall–Kier alpha value is -2.12. The van der Waals surface area contributed by atoms with Gasteiger partial charge >= 0.3 is 6.18 Å². The van der Waals surface area contributed by atoms with Crippen molar-refractivity contribution >= 4 is 32.5 Å². The summed E-state index contributed by atoms with van der Waals surface area (Å²) in [7, 11) is 2.09. The van der Waals surface area contributed by atoms with E-state index in [1.54, 1.807) is 0 Å². The molecular weight excluding hydrogens is 431 g/mol. The zero-order valence-electron chi connectivity index (χ0n) is 15.3. The molecular formula is C21H19BrF3N3. The lowest BCUT2D eigenvalue weighted by molar-refractivity contribution is -0.137. The van der Waals surface area contributed by atoms with Crippen LogP contribution in [-0.4, -0.2) is 43.1 Å². The summed E-state index contributed by atoms with van der Waals surface area (Å²) in [6.45, 7) is 3.56. The molecule has 2 aromatic carbocycles. The number of rotatable bonds is 2. The maximum absolute atomic E-state index is 13.3. The van der Waals surface area contributed by atoms with Gasteiger partial charge in [0.2, 0.25) is 0 Å². The van der Waals surface area contributed by atoms with Crippen molar-refractivity contribution < 1.29 is 13.2 Å². The van der Waals surface area contributed by atoms with Crippen LogP contribution in [0.4, 0.5) is 18.9 Å². The summed E-state index contributed by atoms with van der Waals surface area (Å²) in [5.74, 6) is 0. The molecule has 3 aromatic rings. The van der Waals surface area contributed by atoms with Gasteiger partial charge in [0.1, 0.15) is 0 Å². The average Bonchev–Trinajstić information content (AvgIpc) is 2.68. The standard InChI is InChI=1S/C21H19BrF3N3/c1-27-7-9-28(10-8-27)19-13-16-17(22)11-15(21(23,24)25)12-18(16)26-20(19)14-5-3-2-4-6-14/h2-6,11-13H,7-10H2,1H3. The molecule has 1 fully saturated rings. The number of fused-ring (bicyclic) bond motifs is 1. The molecule has 146 valence electrons. The number of halogens is 4. The van der Waals surface area contributed by atoms with Gasteiger partial charge in [-0.05, 0) is 25.2 Å². The van der Waals surface area contributed by atoms with Crippen molar-refractivity contribution in [1.29, 1.82) is 0 Å². The molecule has 0 aliphatic carbocycles. The van der Waals surface area contributed by atoms with Crippen LogP contribution < -0.4 is 4.90 Å². The van der Waals surface area contributed by atoms with Crippen molar-refractivity contribution in [3.05, 3.63) is 58.6 Å². The number of piperazine rings is 1. The van der Waals surface area contributed by atoms with Gasteiger partial charge in [-0.1, -0.05) is 46.3 Å². The second kappa shape index (κ2) is 7.37. The second-order valence-electron chi connectivity index (χ2n) is 7.03. The maximum Gasteiger partial charge on any atom is 0.416 e. The van der Waals surface area contributed by atoms with Gasteiger partial charge in [-0.3, -0.25) is 0 Å². The number of hydrogen-bond acceptors (Lipinski definition) is 3. The summed E-state index contributed by atoms with van der Waals surface area (Å²) in [6, 6.07) is 13.8. The van der Waals surface area contributed by atoms with Gasteiger partial charge in [-0.15, -0.1) is 0 Å². The van der Waals surface area contributed by atoms with Crippen molar-refractivity contribution in [1.82, 2.24) is 9.88 Å². The van der Waals surface area contributed by atoms with E-state index >= 15 is 0 Å². The highest BCUT2D eigenvalue weighted by Gasteiger charge is 2.32. The van der Waals surface area contributed by atoms with Gasteiger partial charge in [-0.25, -0.2) is 4.98 Å². The first-order valence-electron chi connectivity index (χ1n) is 9.03. The molecule has 0 amide bonds. The fraction of sp³-hybridized carbons (Fsp3) is 0.286. The lowest BCUT2D eigenvalue weighted by Crippen LogP contribution is -2.44. The molecule has 1 aliphatic heterocycles. The normalized spacial score (nSPS) is 16.0. The molecule has 0 bridgehead atoms. The Balaban J connectivity index is 1.92. The van der Waals surface area contributed by atoms with Crippen molar-refractivity contribution in [2.45, 2.75) is 6.18 Å². The molecule has 1 saturated heterocycles. The quantitative estimate of drug-likeness (QED) is 0.519. The van der Waals surface area contributed by atoms with Crippen LogP contribution in [0.1, 0.15) is 5.56 Å². The van der Waals surface area contributed by atoms with E-state index in [4.69, 9.17) is 0 Å². The predicted molar refractivity (Wildman–Crippen MR) is 110 cm³/mol. The van der Waals surface area contributed by atoms with E-state index < -0.39 is 11.7 Å². The zero-order chi connectivity index (χ0) is 19.9. The number of nitrogens with zero attached hydrogens (tertiary/aromatic N) is 3. The average molecular weight is 450 g/mol. The van der Waals surface area contributed by atoms with Crippen molar-refractivity contribution in [3.8, 4) is 11.3 Å². The van der Waals surface area contributed by atoms with Gasteiger partial charge in [0.25, 0.3) is 0 Å². The molecule has 0 spiro atoms. The minimum absolute atomic E-state index is 0.332. The third-order valence-electron chi connectivity index (χ3n) is 5.08. The lowest BCUT2D eigenvalue weighted by atomic mass is 10.0. The summed E-state index contributed by atoms with van der Waals surface area (Å²) < 4.78 is 40.2. The van der Waals surface area contributed by atoms with Crippen LogP contribution in [0.15, 0.2) is 53.0 Å². The first-order chi connectivity index (χ1) is 13.3. The Morgan fingerprint density at radius 1 is 0.964 bits per heavy atom. The number of alkyl halides is 3. The van der Waals surface area contributed by atoms with Crippen LogP contribution in [0.3, 0.4) is 0 Å². The van der Waals surface area contributed by atoms with Crippen LogP contribution in [-0.2, 0) is 6.18 Å². The van der Waals surface area contributed by atoms with E-state index in [1.165, 1.54) is 0 Å². The molecule has 28 heavy (non-hydrogen) atoms. The van der Waals surface area contributed by atoms with Crippen LogP contribution in [0, 0.1) is 0 Å². The second-order valence-corrected chi connectivity index (χ2v) is 7.89. The summed E-state index contributed by atoms with van der Waals surface area (Å²) in [4.78, 5) is 9.21. The number of likely N-dealkylation sites (N-methyl/N-ethyl adjacent to an activating group) is 1. The topological polar surface area (TPSA) is 19.4 Å². The van der Waals surface area contributed by atoms with Gasteiger partial charge in [-0.2, -0.15) is 13.2 Å². The number of pyridine rings is 1. The van der Waals surface area contributed by atoms with Gasteiger partial charge in [0.15, 0.2) is 0 Å². The van der Waals surface area contributed by atoms with Gasteiger partial charge in [0.05, 0.1) is 22.5 Å². The van der Waals surface area contributed by atoms with E-state index in [2.05, 4.69) is 37.8 Å². The molecule has 0 atom stereocenters. The minimum Gasteiger partial charge on any atom is -0.367 e. The first-order valence-corrected chi connectivity index (χ1v) is 9.82. The summed E-state index contributed by atoms with van der Waals surface area (Å²) in [5.41, 5.74) is 2.19. The van der Waals surface area contributed by atoms with Gasteiger partial charge < -0.3 is 9.80 Å². The number of aromatic nitrogens is 1.